The average Bonchev–Trinajstić information content (AvgIpc) is 3.00. The van der Waals surface area contributed by atoms with Crippen LogP contribution in [0.2, 0.25) is 0 Å². The topological polar surface area (TPSA) is 86.8 Å². The third-order valence-corrected chi connectivity index (χ3v) is 8.40. The summed E-state index contributed by atoms with van der Waals surface area (Å²) in [6.07, 6.45) is 0.154. The normalized spacial score (nSPS) is 11.9. The van der Waals surface area contributed by atoms with E-state index in [1.165, 1.54) is 53.4 Å². The highest BCUT2D eigenvalue weighted by Gasteiger charge is 2.34. The van der Waals surface area contributed by atoms with Crippen LogP contribution in [0.5, 0.6) is 0 Å². The summed E-state index contributed by atoms with van der Waals surface area (Å²) in [6, 6.07) is 26.0. The Labute approximate surface area is 244 Å². The van der Waals surface area contributed by atoms with Gasteiger partial charge in [0.2, 0.25) is 11.8 Å². The highest BCUT2D eigenvalue weighted by Crippen LogP contribution is 2.25. The van der Waals surface area contributed by atoms with Crippen LogP contribution in [0.25, 0.3) is 0 Å². The molecule has 10 heteroatoms. The van der Waals surface area contributed by atoms with E-state index in [1.54, 1.807) is 25.1 Å². The Morgan fingerprint density at radius 2 is 1.31 bits per heavy atom. The van der Waals surface area contributed by atoms with Gasteiger partial charge in [0.25, 0.3) is 10.0 Å². The zero-order valence-corrected chi connectivity index (χ0v) is 23.8. The lowest BCUT2D eigenvalue weighted by atomic mass is 10.0. The summed E-state index contributed by atoms with van der Waals surface area (Å²) < 4.78 is 56.0. The van der Waals surface area contributed by atoms with Gasteiger partial charge in [-0.2, -0.15) is 0 Å². The highest BCUT2D eigenvalue weighted by molar-refractivity contribution is 7.92. The molecule has 0 spiro atoms. The lowest BCUT2D eigenvalue weighted by Gasteiger charge is -2.33. The number of anilines is 1. The minimum absolute atomic E-state index is 0.0585. The van der Waals surface area contributed by atoms with Crippen LogP contribution in [0.1, 0.15) is 18.1 Å². The second-order valence-corrected chi connectivity index (χ2v) is 11.4. The molecule has 1 N–H and O–H groups in total. The van der Waals surface area contributed by atoms with Crippen LogP contribution in [0.3, 0.4) is 0 Å². The molecule has 0 aliphatic rings. The van der Waals surface area contributed by atoms with Gasteiger partial charge < -0.3 is 10.2 Å². The van der Waals surface area contributed by atoms with E-state index in [0.29, 0.717) is 12.1 Å². The van der Waals surface area contributed by atoms with Crippen LogP contribution < -0.4 is 9.62 Å². The van der Waals surface area contributed by atoms with Gasteiger partial charge in [0.05, 0.1) is 10.6 Å². The molecule has 7 nitrogen and oxygen atoms in total. The number of carbonyl (C=O) groups is 2. The van der Waals surface area contributed by atoms with Crippen molar-refractivity contribution < 1.29 is 26.8 Å². The Morgan fingerprint density at radius 3 is 1.88 bits per heavy atom. The maximum absolute atomic E-state index is 14.2. The lowest BCUT2D eigenvalue weighted by Crippen LogP contribution is -2.53. The van der Waals surface area contributed by atoms with E-state index in [4.69, 9.17) is 0 Å². The van der Waals surface area contributed by atoms with Crippen LogP contribution in [0, 0.1) is 11.6 Å². The first kappa shape index (κ1) is 30.4. The van der Waals surface area contributed by atoms with Crippen molar-refractivity contribution in [3.05, 3.63) is 132 Å². The third-order valence-electron chi connectivity index (χ3n) is 6.61. The molecule has 1 atom stereocenters. The van der Waals surface area contributed by atoms with Gasteiger partial charge in [-0.25, -0.2) is 17.2 Å². The van der Waals surface area contributed by atoms with Gasteiger partial charge in [-0.3, -0.25) is 13.9 Å². The summed E-state index contributed by atoms with van der Waals surface area (Å²) in [6.45, 7) is 1.31. The van der Waals surface area contributed by atoms with Crippen LogP contribution in [-0.2, 0) is 32.6 Å². The molecule has 0 aliphatic heterocycles. The first-order chi connectivity index (χ1) is 20.2. The van der Waals surface area contributed by atoms with Gasteiger partial charge in [-0.1, -0.05) is 60.7 Å². The van der Waals surface area contributed by atoms with Crippen molar-refractivity contribution in [3.63, 3.8) is 0 Å². The number of likely N-dealkylation sites (N-methyl/N-ethyl adjacent to an activating group) is 1. The maximum atomic E-state index is 14.2. The molecule has 4 aromatic rings. The van der Waals surface area contributed by atoms with Crippen molar-refractivity contribution in [2.24, 2.45) is 0 Å². The van der Waals surface area contributed by atoms with Crippen LogP contribution >= 0.6 is 0 Å². The fourth-order valence-corrected chi connectivity index (χ4v) is 5.92. The van der Waals surface area contributed by atoms with Crippen LogP contribution in [0.4, 0.5) is 14.5 Å². The van der Waals surface area contributed by atoms with E-state index in [1.807, 2.05) is 30.3 Å². The Kier molecular flexibility index (Phi) is 10.0. The van der Waals surface area contributed by atoms with Gasteiger partial charge in [-0.05, 0) is 66.6 Å². The number of rotatable bonds is 12. The summed E-state index contributed by atoms with van der Waals surface area (Å²) >= 11 is 0. The number of hydrogen-bond acceptors (Lipinski definition) is 4. The fraction of sp³-hybridized carbons (Fsp3) is 0.188. The van der Waals surface area contributed by atoms with Crippen molar-refractivity contribution >= 4 is 27.5 Å². The lowest BCUT2D eigenvalue weighted by molar-refractivity contribution is -0.140. The monoisotopic (exact) mass is 591 g/mol. The average molecular weight is 592 g/mol. The van der Waals surface area contributed by atoms with Crippen molar-refractivity contribution in [3.8, 4) is 0 Å². The third kappa shape index (κ3) is 7.58. The van der Waals surface area contributed by atoms with E-state index in [-0.39, 0.29) is 23.5 Å². The number of halogens is 2. The molecule has 0 saturated carbocycles. The van der Waals surface area contributed by atoms with Gasteiger partial charge in [-0.15, -0.1) is 0 Å². The van der Waals surface area contributed by atoms with Gasteiger partial charge in [0.1, 0.15) is 24.2 Å². The smallest absolute Gasteiger partial charge is 0.264 e. The Morgan fingerprint density at radius 1 is 0.762 bits per heavy atom. The molecule has 0 aliphatic carbocycles. The molecule has 4 aromatic carbocycles. The molecule has 42 heavy (non-hydrogen) atoms. The standard InChI is InChI=1S/C32H31F2N3O4S/c1-2-35-32(39)30(21-24-9-5-3-6-10-24)36(22-25-13-15-26(33)16-14-25)31(38)23-37(28-19-17-27(34)18-20-28)42(40,41)29-11-7-4-8-12-29/h3-20,30H,2,21-23H2,1H3,(H,35,39). The van der Waals surface area contributed by atoms with Gasteiger partial charge >= 0.3 is 0 Å². The number of sulfonamides is 1. The van der Waals surface area contributed by atoms with Gasteiger partial charge in [0.15, 0.2) is 0 Å². The summed E-state index contributed by atoms with van der Waals surface area (Å²) in [7, 11) is -4.28. The molecule has 0 bridgehead atoms. The molecule has 0 heterocycles. The molecule has 2 amide bonds. The number of nitrogens with one attached hydrogen (secondary N) is 1. The molecular formula is C32H31F2N3O4S. The fourth-order valence-electron chi connectivity index (χ4n) is 4.49. The molecule has 0 saturated heterocycles. The molecule has 4 rings (SSSR count). The van der Waals surface area contributed by atoms with Crippen molar-refractivity contribution in [1.82, 2.24) is 10.2 Å². The van der Waals surface area contributed by atoms with Crippen molar-refractivity contribution in [1.29, 1.82) is 0 Å². The zero-order valence-electron chi connectivity index (χ0n) is 23.0. The largest absolute Gasteiger partial charge is 0.355 e. The number of benzene rings is 4. The number of carbonyl (C=O) groups excluding carboxylic acids is 2. The Balaban J connectivity index is 1.78. The Bertz CT molecular complexity index is 1580. The molecule has 0 radical (unpaired) electrons. The van der Waals surface area contributed by atoms with E-state index < -0.39 is 46.1 Å². The number of amides is 2. The molecule has 218 valence electrons. The van der Waals surface area contributed by atoms with Crippen molar-refractivity contribution in [2.45, 2.75) is 30.8 Å². The van der Waals surface area contributed by atoms with E-state index >= 15 is 0 Å². The molecule has 1 unspecified atom stereocenters. The SMILES string of the molecule is CCNC(=O)C(Cc1ccccc1)N(Cc1ccc(F)cc1)C(=O)CN(c1ccc(F)cc1)S(=O)(=O)c1ccccc1. The predicted octanol–water partition coefficient (Wildman–Crippen LogP) is 4.94. The molecule has 0 aromatic heterocycles. The quantitative estimate of drug-likeness (QED) is 0.253. The maximum Gasteiger partial charge on any atom is 0.264 e. The van der Waals surface area contributed by atoms with Crippen LogP contribution in [-0.4, -0.2) is 44.3 Å². The van der Waals surface area contributed by atoms with E-state index in [2.05, 4.69) is 5.32 Å². The first-order valence-electron chi connectivity index (χ1n) is 13.4. The molecular weight excluding hydrogens is 560 g/mol. The highest BCUT2D eigenvalue weighted by atomic mass is 32.2. The summed E-state index contributed by atoms with van der Waals surface area (Å²) in [5.41, 5.74) is 1.41. The first-order valence-corrected chi connectivity index (χ1v) is 14.8. The Hall–Kier alpha value is -4.57. The minimum atomic E-state index is -4.28. The van der Waals surface area contributed by atoms with E-state index in [0.717, 1.165) is 22.0 Å². The minimum Gasteiger partial charge on any atom is -0.355 e. The van der Waals surface area contributed by atoms with E-state index in [9.17, 15) is 26.8 Å². The molecule has 0 fully saturated rings. The van der Waals surface area contributed by atoms with Crippen molar-refractivity contribution in [2.75, 3.05) is 17.4 Å². The summed E-state index contributed by atoms with van der Waals surface area (Å²) in [5, 5.41) is 2.78. The number of hydrogen-bond donors (Lipinski definition) is 1. The van der Waals surface area contributed by atoms with Crippen LogP contribution in [0.15, 0.2) is 114 Å². The zero-order chi connectivity index (χ0) is 30.1. The predicted molar refractivity (Wildman–Crippen MR) is 157 cm³/mol. The second kappa shape index (κ2) is 13.9. The second-order valence-electron chi connectivity index (χ2n) is 9.55. The summed E-state index contributed by atoms with van der Waals surface area (Å²) in [4.78, 5) is 28.8. The van der Waals surface area contributed by atoms with Gasteiger partial charge in [0, 0.05) is 19.5 Å². The summed E-state index contributed by atoms with van der Waals surface area (Å²) in [5.74, 6) is -2.12. The number of nitrogens with zero attached hydrogens (tertiary/aromatic N) is 2.